The topological polar surface area (TPSA) is 84.0 Å². The van der Waals surface area contributed by atoms with Crippen LogP contribution in [0.2, 0.25) is 5.02 Å². The summed E-state index contributed by atoms with van der Waals surface area (Å²) in [4.78, 5) is 24.8. The van der Waals surface area contributed by atoms with E-state index in [9.17, 15) is 18.0 Å². The second kappa shape index (κ2) is 8.46. The van der Waals surface area contributed by atoms with Gasteiger partial charge in [0.1, 0.15) is 0 Å². The number of carbonyl (C=O) groups excluding carboxylic acids is 2. The normalized spacial score (nSPS) is 11.4. The molecule has 0 atom stereocenters. The Hall–Kier alpha value is -1.64. The molecule has 0 saturated heterocycles. The summed E-state index contributed by atoms with van der Waals surface area (Å²) in [6.07, 6.45) is 0. The van der Waals surface area contributed by atoms with E-state index in [1.165, 1.54) is 41.5 Å². The number of sulfonamides is 1. The number of ether oxygens (including phenoxy) is 1. The maximum absolute atomic E-state index is 12.5. The van der Waals surface area contributed by atoms with Crippen molar-refractivity contribution in [3.8, 4) is 0 Å². The Morgan fingerprint density at radius 2 is 1.75 bits per heavy atom. The fraction of sp³-hybridized carbons (Fsp3) is 0.467. The quantitative estimate of drug-likeness (QED) is 0.675. The minimum Gasteiger partial charge on any atom is -0.452 e. The van der Waals surface area contributed by atoms with Gasteiger partial charge in [-0.25, -0.2) is 13.2 Å². The van der Waals surface area contributed by atoms with Crippen LogP contribution in [0.3, 0.4) is 0 Å². The monoisotopic (exact) mass is 376 g/mol. The Balaban J connectivity index is 3.10. The van der Waals surface area contributed by atoms with Gasteiger partial charge in [-0.3, -0.25) is 4.79 Å². The molecule has 0 aliphatic rings. The molecule has 0 saturated carbocycles. The molecule has 0 radical (unpaired) electrons. The average Bonchev–Trinajstić information content (AvgIpc) is 2.53. The lowest BCUT2D eigenvalue weighted by atomic mass is 10.2. The predicted molar refractivity (Wildman–Crippen MR) is 90.5 cm³/mol. The lowest BCUT2D eigenvalue weighted by Gasteiger charge is -2.19. The first kappa shape index (κ1) is 20.4. The number of halogens is 1. The van der Waals surface area contributed by atoms with Crippen LogP contribution in [-0.4, -0.2) is 63.3 Å². The Morgan fingerprint density at radius 1 is 1.17 bits per heavy atom. The first-order chi connectivity index (χ1) is 11.1. The van der Waals surface area contributed by atoms with Crippen LogP contribution in [0.5, 0.6) is 0 Å². The van der Waals surface area contributed by atoms with Crippen molar-refractivity contribution in [2.24, 2.45) is 0 Å². The van der Waals surface area contributed by atoms with E-state index >= 15 is 0 Å². The molecule has 9 heteroatoms. The fourth-order valence-electron chi connectivity index (χ4n) is 1.87. The third kappa shape index (κ3) is 4.68. The number of rotatable bonds is 7. The van der Waals surface area contributed by atoms with Crippen LogP contribution in [-0.2, 0) is 19.6 Å². The molecule has 0 aliphatic carbocycles. The maximum Gasteiger partial charge on any atom is 0.340 e. The van der Waals surface area contributed by atoms with Crippen molar-refractivity contribution in [3.05, 3.63) is 28.8 Å². The largest absolute Gasteiger partial charge is 0.452 e. The van der Waals surface area contributed by atoms with Crippen molar-refractivity contribution in [1.82, 2.24) is 9.21 Å². The minimum atomic E-state index is -3.73. The van der Waals surface area contributed by atoms with E-state index in [0.717, 1.165) is 0 Å². The molecular weight excluding hydrogens is 356 g/mol. The van der Waals surface area contributed by atoms with Crippen LogP contribution in [0.4, 0.5) is 0 Å². The second-order valence-electron chi connectivity index (χ2n) is 5.10. The molecule has 24 heavy (non-hydrogen) atoms. The summed E-state index contributed by atoms with van der Waals surface area (Å²) in [5, 5.41) is 0.0517. The van der Waals surface area contributed by atoms with Crippen LogP contribution >= 0.6 is 11.6 Å². The molecule has 1 rings (SSSR count). The Morgan fingerprint density at radius 3 is 2.25 bits per heavy atom. The van der Waals surface area contributed by atoms with E-state index < -0.39 is 28.5 Å². The van der Waals surface area contributed by atoms with Crippen LogP contribution in [0.15, 0.2) is 23.1 Å². The molecule has 0 aromatic heterocycles. The number of hydrogen-bond acceptors (Lipinski definition) is 5. The molecule has 0 spiro atoms. The molecule has 0 aliphatic heterocycles. The molecule has 1 amide bonds. The molecule has 1 aromatic carbocycles. The Bertz CT molecular complexity index is 715. The number of nitrogens with zero attached hydrogens (tertiary/aromatic N) is 2. The van der Waals surface area contributed by atoms with Crippen molar-refractivity contribution in [1.29, 1.82) is 0 Å². The maximum atomic E-state index is 12.5. The third-order valence-electron chi connectivity index (χ3n) is 3.33. The number of hydrogen-bond donors (Lipinski definition) is 0. The van der Waals surface area contributed by atoms with Crippen molar-refractivity contribution >= 4 is 33.5 Å². The van der Waals surface area contributed by atoms with Gasteiger partial charge in [-0.15, -0.1) is 0 Å². The predicted octanol–water partition coefficient (Wildman–Crippen LogP) is 1.62. The highest BCUT2D eigenvalue weighted by atomic mass is 35.5. The second-order valence-corrected chi connectivity index (χ2v) is 7.44. The highest BCUT2D eigenvalue weighted by Crippen LogP contribution is 2.23. The van der Waals surface area contributed by atoms with E-state index in [1.54, 1.807) is 13.8 Å². The van der Waals surface area contributed by atoms with Gasteiger partial charge in [-0.05, 0) is 18.2 Å². The molecule has 0 heterocycles. The van der Waals surface area contributed by atoms with E-state index in [2.05, 4.69) is 0 Å². The van der Waals surface area contributed by atoms with Crippen molar-refractivity contribution in [3.63, 3.8) is 0 Å². The van der Waals surface area contributed by atoms with Crippen LogP contribution in [0.1, 0.15) is 24.2 Å². The van der Waals surface area contributed by atoms with E-state index in [4.69, 9.17) is 16.3 Å². The number of amides is 1. The summed E-state index contributed by atoms with van der Waals surface area (Å²) < 4.78 is 31.2. The summed E-state index contributed by atoms with van der Waals surface area (Å²) in [7, 11) is -0.671. The van der Waals surface area contributed by atoms with Crippen molar-refractivity contribution in [2.75, 3.05) is 33.8 Å². The lowest BCUT2D eigenvalue weighted by Crippen LogP contribution is -2.31. The van der Waals surface area contributed by atoms with Gasteiger partial charge in [-0.1, -0.05) is 25.4 Å². The summed E-state index contributed by atoms with van der Waals surface area (Å²) in [5.41, 5.74) is -0.101. The van der Waals surface area contributed by atoms with Gasteiger partial charge in [0, 0.05) is 27.2 Å². The highest BCUT2D eigenvalue weighted by molar-refractivity contribution is 7.89. The summed E-state index contributed by atoms with van der Waals surface area (Å²) in [6.45, 7) is 3.60. The van der Waals surface area contributed by atoms with Gasteiger partial charge in [0.05, 0.1) is 15.5 Å². The zero-order valence-corrected chi connectivity index (χ0v) is 15.6. The fourth-order valence-corrected chi connectivity index (χ4v) is 3.55. The van der Waals surface area contributed by atoms with Gasteiger partial charge in [0.15, 0.2) is 6.61 Å². The minimum absolute atomic E-state index is 0.0517. The molecule has 0 N–H and O–H groups in total. The Kier molecular flexibility index (Phi) is 7.19. The molecule has 0 fully saturated rings. The van der Waals surface area contributed by atoms with Crippen molar-refractivity contribution in [2.45, 2.75) is 18.7 Å². The summed E-state index contributed by atoms with van der Waals surface area (Å²) in [5.74, 6) is -1.25. The smallest absolute Gasteiger partial charge is 0.340 e. The summed E-state index contributed by atoms with van der Waals surface area (Å²) in [6, 6.07) is 3.82. The number of likely N-dealkylation sites (N-methyl/N-ethyl adjacent to an activating group) is 1. The SMILES string of the molecule is CCN(CC)S(=O)(=O)c1ccc(Cl)c(C(=O)OCC(=O)N(C)C)c1. The standard InChI is InChI=1S/C15H21ClN2O5S/c1-5-18(6-2)24(21,22)11-7-8-13(16)12(9-11)15(20)23-10-14(19)17(3)4/h7-9H,5-6,10H2,1-4H3. The zero-order chi connectivity index (χ0) is 18.5. The molecule has 7 nitrogen and oxygen atoms in total. The van der Waals surface area contributed by atoms with E-state index in [1.807, 2.05) is 0 Å². The van der Waals surface area contributed by atoms with Gasteiger partial charge < -0.3 is 9.64 Å². The molecule has 134 valence electrons. The van der Waals surface area contributed by atoms with Crippen LogP contribution < -0.4 is 0 Å². The number of carbonyl (C=O) groups is 2. The third-order valence-corrected chi connectivity index (χ3v) is 5.70. The first-order valence-electron chi connectivity index (χ1n) is 7.32. The first-order valence-corrected chi connectivity index (χ1v) is 9.13. The van der Waals surface area contributed by atoms with Gasteiger partial charge in [-0.2, -0.15) is 4.31 Å². The molecule has 0 bridgehead atoms. The highest BCUT2D eigenvalue weighted by Gasteiger charge is 2.24. The van der Waals surface area contributed by atoms with E-state index in [-0.39, 0.29) is 15.5 Å². The average molecular weight is 377 g/mol. The van der Waals surface area contributed by atoms with Crippen LogP contribution in [0, 0.1) is 0 Å². The zero-order valence-electron chi connectivity index (χ0n) is 14.1. The molecule has 0 unspecified atom stereocenters. The number of benzene rings is 1. The van der Waals surface area contributed by atoms with Crippen molar-refractivity contribution < 1.29 is 22.7 Å². The molecular formula is C15H21ClN2O5S. The van der Waals surface area contributed by atoms with Gasteiger partial charge in [0.2, 0.25) is 10.0 Å². The molecule has 1 aromatic rings. The number of esters is 1. The van der Waals surface area contributed by atoms with Gasteiger partial charge >= 0.3 is 5.97 Å². The summed E-state index contributed by atoms with van der Waals surface area (Å²) >= 11 is 5.96. The van der Waals surface area contributed by atoms with Crippen LogP contribution in [0.25, 0.3) is 0 Å². The van der Waals surface area contributed by atoms with E-state index in [0.29, 0.717) is 13.1 Å². The van der Waals surface area contributed by atoms with Gasteiger partial charge in [0.25, 0.3) is 5.91 Å². The Labute approximate surface area is 147 Å². The lowest BCUT2D eigenvalue weighted by molar-refractivity contribution is -0.131.